The van der Waals surface area contributed by atoms with Crippen LogP contribution < -0.4 is 15.4 Å². The molecule has 1 aliphatic rings. The number of hydrogen-bond acceptors (Lipinski definition) is 3. The number of carbonyl (C=O) groups is 2. The van der Waals surface area contributed by atoms with Crippen LogP contribution in [-0.4, -0.2) is 11.9 Å². The minimum Gasteiger partial charge on any atom is -0.488 e. The third-order valence-electron chi connectivity index (χ3n) is 3.50. The molecule has 5 nitrogen and oxygen atoms in total. The Kier molecular flexibility index (Phi) is 4.66. The highest BCUT2D eigenvalue weighted by atomic mass is 79.9. The third kappa shape index (κ3) is 3.83. The van der Waals surface area contributed by atoms with Gasteiger partial charge in [0.2, 0.25) is 0 Å². The maximum atomic E-state index is 11.5. The second-order valence-corrected chi connectivity index (χ2v) is 6.28. The quantitative estimate of drug-likeness (QED) is 0.623. The summed E-state index contributed by atoms with van der Waals surface area (Å²) in [5.74, 6) is 0.272. The van der Waals surface area contributed by atoms with Gasteiger partial charge in [0.15, 0.2) is 0 Å². The van der Waals surface area contributed by atoms with Crippen LogP contribution in [0.2, 0.25) is 0 Å². The first-order chi connectivity index (χ1) is 11.5. The van der Waals surface area contributed by atoms with Gasteiger partial charge in [-0.2, -0.15) is 0 Å². The average molecular weight is 387 g/mol. The number of urea groups is 1. The summed E-state index contributed by atoms with van der Waals surface area (Å²) in [5, 5.41) is 4.61. The number of halogens is 1. The zero-order chi connectivity index (χ0) is 17.1. The molecule has 2 aromatic carbocycles. The first kappa shape index (κ1) is 16.3. The number of amides is 3. The lowest BCUT2D eigenvalue weighted by Gasteiger charge is -2.09. The Bertz CT molecular complexity index is 829. The standard InChI is InChI=1S/C18H15BrN2O3/c1-11-2-4-12(5-3-11)10-24-16-7-6-13(8-14(16)19)9-15-17(22)21-18(23)20-15/h2-9H,10H2,1H3,(H2,20,21,22,23)/b15-9+. The van der Waals surface area contributed by atoms with E-state index in [9.17, 15) is 9.59 Å². The molecule has 24 heavy (non-hydrogen) atoms. The van der Waals surface area contributed by atoms with E-state index in [0.29, 0.717) is 12.4 Å². The van der Waals surface area contributed by atoms with Crippen LogP contribution in [0.4, 0.5) is 4.79 Å². The van der Waals surface area contributed by atoms with Gasteiger partial charge in [-0.15, -0.1) is 0 Å². The lowest BCUT2D eigenvalue weighted by Crippen LogP contribution is -2.22. The second-order valence-electron chi connectivity index (χ2n) is 5.43. The van der Waals surface area contributed by atoms with Gasteiger partial charge in [0.05, 0.1) is 4.47 Å². The van der Waals surface area contributed by atoms with Crippen LogP contribution in [0.25, 0.3) is 6.08 Å². The van der Waals surface area contributed by atoms with Gasteiger partial charge >= 0.3 is 6.03 Å². The Balaban J connectivity index is 1.70. The van der Waals surface area contributed by atoms with E-state index in [0.717, 1.165) is 15.6 Å². The zero-order valence-corrected chi connectivity index (χ0v) is 14.5. The van der Waals surface area contributed by atoms with E-state index in [-0.39, 0.29) is 5.70 Å². The van der Waals surface area contributed by atoms with Crippen LogP contribution in [0.3, 0.4) is 0 Å². The third-order valence-corrected chi connectivity index (χ3v) is 4.12. The van der Waals surface area contributed by atoms with Crippen molar-refractivity contribution >= 4 is 33.9 Å². The molecule has 0 unspecified atom stereocenters. The van der Waals surface area contributed by atoms with E-state index in [1.807, 2.05) is 49.4 Å². The fourth-order valence-corrected chi connectivity index (χ4v) is 2.73. The van der Waals surface area contributed by atoms with Crippen LogP contribution >= 0.6 is 15.9 Å². The molecule has 1 fully saturated rings. The minimum atomic E-state index is -0.511. The molecule has 122 valence electrons. The summed E-state index contributed by atoms with van der Waals surface area (Å²) < 4.78 is 6.58. The number of imide groups is 1. The maximum Gasteiger partial charge on any atom is 0.326 e. The van der Waals surface area contributed by atoms with Crippen molar-refractivity contribution in [2.24, 2.45) is 0 Å². The van der Waals surface area contributed by atoms with Crippen LogP contribution in [0.5, 0.6) is 5.75 Å². The molecule has 0 atom stereocenters. The lowest BCUT2D eigenvalue weighted by molar-refractivity contribution is -0.115. The molecule has 0 aromatic heterocycles. The van der Waals surface area contributed by atoms with Gasteiger partial charge < -0.3 is 10.1 Å². The molecule has 0 bridgehead atoms. The normalized spacial score (nSPS) is 15.3. The molecule has 2 aromatic rings. The lowest BCUT2D eigenvalue weighted by atomic mass is 10.1. The molecule has 6 heteroatoms. The van der Waals surface area contributed by atoms with Crippen LogP contribution in [0, 0.1) is 6.92 Å². The average Bonchev–Trinajstić information content (AvgIpc) is 2.86. The number of hydrogen-bond donors (Lipinski definition) is 2. The number of benzene rings is 2. The predicted octanol–water partition coefficient (Wildman–Crippen LogP) is 3.52. The first-order valence-corrected chi connectivity index (χ1v) is 8.12. The number of rotatable bonds is 4. The van der Waals surface area contributed by atoms with E-state index in [2.05, 4.69) is 26.6 Å². The Hall–Kier alpha value is -2.60. The molecule has 2 N–H and O–H groups in total. The number of ether oxygens (including phenoxy) is 1. The summed E-state index contributed by atoms with van der Waals surface area (Å²) >= 11 is 3.47. The Morgan fingerprint density at radius 2 is 1.83 bits per heavy atom. The molecular weight excluding hydrogens is 372 g/mol. The minimum absolute atomic E-state index is 0.222. The summed E-state index contributed by atoms with van der Waals surface area (Å²) in [4.78, 5) is 22.6. The van der Waals surface area contributed by atoms with Crippen molar-refractivity contribution in [3.05, 3.63) is 69.3 Å². The molecular formula is C18H15BrN2O3. The van der Waals surface area contributed by atoms with Gasteiger partial charge in [-0.25, -0.2) is 4.79 Å². The van der Waals surface area contributed by atoms with Crippen molar-refractivity contribution in [1.29, 1.82) is 0 Å². The van der Waals surface area contributed by atoms with Crippen molar-refractivity contribution < 1.29 is 14.3 Å². The smallest absolute Gasteiger partial charge is 0.326 e. The molecule has 0 aliphatic carbocycles. The topological polar surface area (TPSA) is 67.4 Å². The van der Waals surface area contributed by atoms with Crippen LogP contribution in [-0.2, 0) is 11.4 Å². The summed E-state index contributed by atoms with van der Waals surface area (Å²) in [5.41, 5.74) is 3.29. The highest BCUT2D eigenvalue weighted by molar-refractivity contribution is 9.10. The molecule has 1 aliphatic heterocycles. The number of carbonyl (C=O) groups excluding carboxylic acids is 2. The van der Waals surface area contributed by atoms with E-state index < -0.39 is 11.9 Å². The van der Waals surface area contributed by atoms with Gasteiger partial charge in [-0.3, -0.25) is 10.1 Å². The van der Waals surface area contributed by atoms with Gasteiger partial charge in [-0.1, -0.05) is 35.9 Å². The van der Waals surface area contributed by atoms with Crippen molar-refractivity contribution in [2.75, 3.05) is 0 Å². The monoisotopic (exact) mass is 386 g/mol. The van der Waals surface area contributed by atoms with Crippen LogP contribution in [0.15, 0.2) is 52.6 Å². The van der Waals surface area contributed by atoms with Crippen molar-refractivity contribution in [3.63, 3.8) is 0 Å². The van der Waals surface area contributed by atoms with Gasteiger partial charge in [0.25, 0.3) is 5.91 Å². The van der Waals surface area contributed by atoms with E-state index in [4.69, 9.17) is 4.74 Å². The van der Waals surface area contributed by atoms with Crippen molar-refractivity contribution in [1.82, 2.24) is 10.6 Å². The second kappa shape index (κ2) is 6.88. The van der Waals surface area contributed by atoms with Crippen molar-refractivity contribution in [3.8, 4) is 5.75 Å². The Morgan fingerprint density at radius 1 is 1.08 bits per heavy atom. The number of aryl methyl sites for hydroxylation is 1. The fraction of sp³-hybridized carbons (Fsp3) is 0.111. The molecule has 0 spiro atoms. The maximum absolute atomic E-state index is 11.5. The Labute approximate surface area is 147 Å². The Morgan fingerprint density at radius 3 is 2.46 bits per heavy atom. The van der Waals surface area contributed by atoms with E-state index >= 15 is 0 Å². The van der Waals surface area contributed by atoms with Gasteiger partial charge in [-0.05, 0) is 52.2 Å². The summed E-state index contributed by atoms with van der Waals surface area (Å²) in [7, 11) is 0. The SMILES string of the molecule is Cc1ccc(COc2ccc(/C=C3/NC(=O)NC3=O)cc2Br)cc1. The van der Waals surface area contributed by atoms with Crippen molar-refractivity contribution in [2.45, 2.75) is 13.5 Å². The summed E-state index contributed by atoms with van der Waals surface area (Å²) in [6.45, 7) is 2.51. The molecule has 0 saturated carbocycles. The molecule has 1 saturated heterocycles. The molecule has 3 rings (SSSR count). The van der Waals surface area contributed by atoms with E-state index in [1.165, 1.54) is 5.56 Å². The molecule has 1 heterocycles. The highest BCUT2D eigenvalue weighted by Crippen LogP contribution is 2.27. The van der Waals surface area contributed by atoms with E-state index in [1.54, 1.807) is 6.08 Å². The zero-order valence-electron chi connectivity index (χ0n) is 12.9. The van der Waals surface area contributed by atoms with Gasteiger partial charge in [0.1, 0.15) is 18.1 Å². The van der Waals surface area contributed by atoms with Crippen LogP contribution in [0.1, 0.15) is 16.7 Å². The predicted molar refractivity (Wildman–Crippen MR) is 94.3 cm³/mol. The molecule has 0 radical (unpaired) electrons. The first-order valence-electron chi connectivity index (χ1n) is 7.33. The number of nitrogens with one attached hydrogen (secondary N) is 2. The summed E-state index contributed by atoms with van der Waals surface area (Å²) in [6, 6.07) is 13.1. The largest absolute Gasteiger partial charge is 0.488 e. The molecule has 3 amide bonds. The summed E-state index contributed by atoms with van der Waals surface area (Å²) in [6.07, 6.45) is 1.61. The highest BCUT2D eigenvalue weighted by Gasteiger charge is 2.22. The van der Waals surface area contributed by atoms with Gasteiger partial charge in [0, 0.05) is 0 Å². The fourth-order valence-electron chi connectivity index (χ4n) is 2.22.